The van der Waals surface area contributed by atoms with Crippen molar-refractivity contribution in [2.45, 2.75) is 13.0 Å². The first-order chi connectivity index (χ1) is 6.79. The summed E-state index contributed by atoms with van der Waals surface area (Å²) < 4.78 is 5.27. The van der Waals surface area contributed by atoms with E-state index in [2.05, 4.69) is 10.4 Å². The van der Waals surface area contributed by atoms with E-state index in [1.54, 1.807) is 12.4 Å². The molecule has 3 N–H and O–H groups in total. The van der Waals surface area contributed by atoms with Crippen molar-refractivity contribution in [3.05, 3.63) is 29.0 Å². The lowest BCUT2D eigenvalue weighted by atomic mass is 10.1. The molecule has 0 spiro atoms. The fraction of sp³-hybridized carbons (Fsp3) is 0.444. The van der Waals surface area contributed by atoms with Gasteiger partial charge in [-0.1, -0.05) is 11.6 Å². The topological polar surface area (TPSA) is 60.2 Å². The second kappa shape index (κ2) is 5.93. The van der Waals surface area contributed by atoms with E-state index in [-0.39, 0.29) is 6.04 Å². The minimum atomic E-state index is -0.0922. The van der Waals surface area contributed by atoms with Crippen LogP contribution in [0.2, 0.25) is 5.02 Å². The third-order valence-electron chi connectivity index (χ3n) is 1.87. The van der Waals surface area contributed by atoms with Crippen LogP contribution in [0.3, 0.4) is 0 Å². The summed E-state index contributed by atoms with van der Waals surface area (Å²) in [5.74, 6) is 5.41. The second-order valence-electron chi connectivity index (χ2n) is 2.78. The summed E-state index contributed by atoms with van der Waals surface area (Å²) in [4.78, 5) is 3.90. The Hall–Kier alpha value is -0.680. The molecule has 1 rings (SSSR count). The Balaban J connectivity index is 2.73. The van der Waals surface area contributed by atoms with Gasteiger partial charge in [-0.25, -0.2) is 0 Å². The first-order valence-corrected chi connectivity index (χ1v) is 4.80. The highest BCUT2D eigenvalue weighted by molar-refractivity contribution is 6.31. The highest BCUT2D eigenvalue weighted by Crippen LogP contribution is 2.21. The number of hydrogen-bond acceptors (Lipinski definition) is 4. The number of aromatic nitrogens is 1. The summed E-state index contributed by atoms with van der Waals surface area (Å²) in [7, 11) is 0. The predicted molar refractivity (Wildman–Crippen MR) is 55.8 cm³/mol. The number of nitrogens with zero attached hydrogens (tertiary/aromatic N) is 1. The Morgan fingerprint density at radius 2 is 2.50 bits per heavy atom. The van der Waals surface area contributed by atoms with Crippen LogP contribution in [0.15, 0.2) is 18.5 Å². The minimum absolute atomic E-state index is 0.0922. The predicted octanol–water partition coefficient (Wildman–Crippen LogP) is 1.28. The molecule has 1 aromatic heterocycles. The third-order valence-corrected chi connectivity index (χ3v) is 2.18. The molecule has 1 atom stereocenters. The van der Waals surface area contributed by atoms with Crippen LogP contribution in [-0.4, -0.2) is 18.2 Å². The molecule has 0 amide bonds. The van der Waals surface area contributed by atoms with E-state index in [1.165, 1.54) is 0 Å². The molecule has 0 aliphatic heterocycles. The standard InChI is InChI=1S/C9H14ClN3O/c1-2-14-6-9(13-11)7-3-4-12-5-8(7)10/h3-5,9,13H,2,6,11H2,1H3. The summed E-state index contributed by atoms with van der Waals surface area (Å²) in [5, 5.41) is 0.593. The molecule has 1 heterocycles. The number of pyridine rings is 1. The zero-order valence-corrected chi connectivity index (χ0v) is 8.79. The fourth-order valence-electron chi connectivity index (χ4n) is 1.13. The van der Waals surface area contributed by atoms with Crippen LogP contribution in [0, 0.1) is 0 Å². The Bertz CT molecular complexity index is 283. The van der Waals surface area contributed by atoms with E-state index in [1.807, 2.05) is 13.0 Å². The Morgan fingerprint density at radius 1 is 1.71 bits per heavy atom. The maximum atomic E-state index is 5.96. The zero-order valence-electron chi connectivity index (χ0n) is 8.03. The number of halogens is 1. The molecule has 0 fully saturated rings. The van der Waals surface area contributed by atoms with Gasteiger partial charge in [0.2, 0.25) is 0 Å². The normalized spacial score (nSPS) is 12.8. The van der Waals surface area contributed by atoms with Crippen LogP contribution in [0.5, 0.6) is 0 Å². The fourth-order valence-corrected chi connectivity index (χ4v) is 1.38. The summed E-state index contributed by atoms with van der Waals surface area (Å²) in [5.41, 5.74) is 3.56. The van der Waals surface area contributed by atoms with Gasteiger partial charge in [0.25, 0.3) is 0 Å². The summed E-state index contributed by atoms with van der Waals surface area (Å²) in [6, 6.07) is 1.73. The average Bonchev–Trinajstić information content (AvgIpc) is 2.21. The molecule has 5 heteroatoms. The number of nitrogens with one attached hydrogen (secondary N) is 1. The summed E-state index contributed by atoms with van der Waals surface area (Å²) in [6.07, 6.45) is 3.27. The lowest BCUT2D eigenvalue weighted by molar-refractivity contribution is 0.123. The van der Waals surface area contributed by atoms with Crippen molar-refractivity contribution in [3.8, 4) is 0 Å². The summed E-state index contributed by atoms with van der Waals surface area (Å²) >= 11 is 5.96. The molecule has 0 aromatic carbocycles. The molecular weight excluding hydrogens is 202 g/mol. The zero-order chi connectivity index (χ0) is 10.4. The van der Waals surface area contributed by atoms with Gasteiger partial charge in [-0.3, -0.25) is 16.3 Å². The van der Waals surface area contributed by atoms with Crippen LogP contribution in [0.4, 0.5) is 0 Å². The molecule has 0 aliphatic carbocycles. The van der Waals surface area contributed by atoms with Gasteiger partial charge in [0.15, 0.2) is 0 Å². The lowest BCUT2D eigenvalue weighted by Crippen LogP contribution is -2.31. The highest BCUT2D eigenvalue weighted by Gasteiger charge is 2.12. The van der Waals surface area contributed by atoms with Gasteiger partial charge in [-0.15, -0.1) is 0 Å². The van der Waals surface area contributed by atoms with E-state index in [0.29, 0.717) is 18.2 Å². The van der Waals surface area contributed by atoms with E-state index in [0.717, 1.165) is 5.56 Å². The van der Waals surface area contributed by atoms with Gasteiger partial charge in [0.05, 0.1) is 17.7 Å². The van der Waals surface area contributed by atoms with Gasteiger partial charge >= 0.3 is 0 Å². The number of rotatable bonds is 5. The van der Waals surface area contributed by atoms with Crippen LogP contribution in [0.1, 0.15) is 18.5 Å². The van der Waals surface area contributed by atoms with Crippen LogP contribution in [0.25, 0.3) is 0 Å². The molecule has 0 bridgehead atoms. The molecule has 0 radical (unpaired) electrons. The molecule has 0 aliphatic rings. The quantitative estimate of drug-likeness (QED) is 0.574. The van der Waals surface area contributed by atoms with Gasteiger partial charge in [-0.2, -0.15) is 0 Å². The molecule has 0 saturated heterocycles. The van der Waals surface area contributed by atoms with Gasteiger partial charge in [-0.05, 0) is 18.6 Å². The third kappa shape index (κ3) is 2.92. The van der Waals surface area contributed by atoms with Crippen molar-refractivity contribution in [1.29, 1.82) is 0 Å². The van der Waals surface area contributed by atoms with Crippen molar-refractivity contribution in [1.82, 2.24) is 10.4 Å². The minimum Gasteiger partial charge on any atom is -0.380 e. The Labute approximate surface area is 88.4 Å². The largest absolute Gasteiger partial charge is 0.380 e. The van der Waals surface area contributed by atoms with Crippen molar-refractivity contribution in [3.63, 3.8) is 0 Å². The van der Waals surface area contributed by atoms with E-state index in [9.17, 15) is 0 Å². The number of hydrogen-bond donors (Lipinski definition) is 2. The first kappa shape index (κ1) is 11.4. The monoisotopic (exact) mass is 215 g/mol. The maximum Gasteiger partial charge on any atom is 0.0709 e. The number of nitrogens with two attached hydrogens (primary N) is 1. The SMILES string of the molecule is CCOCC(NN)c1ccncc1Cl. The van der Waals surface area contributed by atoms with Crippen LogP contribution in [-0.2, 0) is 4.74 Å². The number of hydrazine groups is 1. The van der Waals surface area contributed by atoms with Crippen LogP contribution < -0.4 is 11.3 Å². The molecule has 14 heavy (non-hydrogen) atoms. The van der Waals surface area contributed by atoms with Crippen molar-refractivity contribution >= 4 is 11.6 Å². The Morgan fingerprint density at radius 3 is 3.07 bits per heavy atom. The maximum absolute atomic E-state index is 5.96. The van der Waals surface area contributed by atoms with Crippen molar-refractivity contribution in [2.24, 2.45) is 5.84 Å². The van der Waals surface area contributed by atoms with Gasteiger partial charge in [0.1, 0.15) is 0 Å². The lowest BCUT2D eigenvalue weighted by Gasteiger charge is -2.16. The van der Waals surface area contributed by atoms with Gasteiger partial charge < -0.3 is 4.74 Å². The molecule has 0 saturated carbocycles. The average molecular weight is 216 g/mol. The molecule has 78 valence electrons. The van der Waals surface area contributed by atoms with Gasteiger partial charge in [0, 0.05) is 19.0 Å². The first-order valence-electron chi connectivity index (χ1n) is 4.42. The second-order valence-corrected chi connectivity index (χ2v) is 3.18. The molecular formula is C9H14ClN3O. The van der Waals surface area contributed by atoms with E-state index in [4.69, 9.17) is 22.2 Å². The smallest absolute Gasteiger partial charge is 0.0709 e. The van der Waals surface area contributed by atoms with E-state index >= 15 is 0 Å². The van der Waals surface area contributed by atoms with Crippen LogP contribution >= 0.6 is 11.6 Å². The Kier molecular flexibility index (Phi) is 4.82. The van der Waals surface area contributed by atoms with Crippen molar-refractivity contribution < 1.29 is 4.74 Å². The van der Waals surface area contributed by atoms with Crippen molar-refractivity contribution in [2.75, 3.05) is 13.2 Å². The number of ether oxygens (including phenoxy) is 1. The molecule has 1 unspecified atom stereocenters. The van der Waals surface area contributed by atoms with E-state index < -0.39 is 0 Å². The molecule has 4 nitrogen and oxygen atoms in total. The highest BCUT2D eigenvalue weighted by atomic mass is 35.5. The molecule has 1 aromatic rings. The summed E-state index contributed by atoms with van der Waals surface area (Å²) in [6.45, 7) is 3.08.